The van der Waals surface area contributed by atoms with Gasteiger partial charge in [0.2, 0.25) is 0 Å². The van der Waals surface area contributed by atoms with Crippen molar-refractivity contribution >= 4 is 38.8 Å². The number of nitrogens with one attached hydrogen (secondary N) is 3. The van der Waals surface area contributed by atoms with E-state index in [0.29, 0.717) is 28.8 Å². The third kappa shape index (κ3) is 6.53. The van der Waals surface area contributed by atoms with E-state index in [9.17, 15) is 8.42 Å². The lowest BCUT2D eigenvalue weighted by Gasteiger charge is -2.10. The molecule has 0 fully saturated rings. The van der Waals surface area contributed by atoms with Gasteiger partial charge in [-0.3, -0.25) is 10.1 Å². The number of hydrazone groups is 1. The summed E-state index contributed by atoms with van der Waals surface area (Å²) >= 11 is 5.24. The van der Waals surface area contributed by atoms with E-state index in [1.165, 1.54) is 12.1 Å². The quantitative estimate of drug-likeness (QED) is 0.264. The third-order valence-electron chi connectivity index (χ3n) is 4.55. The predicted molar refractivity (Wildman–Crippen MR) is 131 cm³/mol. The first-order valence-corrected chi connectivity index (χ1v) is 11.7. The van der Waals surface area contributed by atoms with Gasteiger partial charge in [-0.25, -0.2) is 8.42 Å². The number of methoxy groups -OCH3 is 1. The van der Waals surface area contributed by atoms with Crippen LogP contribution in [-0.2, 0) is 16.6 Å². The summed E-state index contributed by atoms with van der Waals surface area (Å²) in [7, 11) is -2.16. The van der Waals surface area contributed by atoms with Crippen LogP contribution >= 0.6 is 12.2 Å². The standard InChI is InChI=1S/C23H24N4O3S2/c1-17(25-26-23(31)24-16-18-6-4-3-5-7-18)19-8-14-22(15-9-19)32(28,29)27-20-10-12-21(30-2)13-11-20/h3-15,27H,16H2,1-2H3,(H2,24,26,31). The fourth-order valence-electron chi connectivity index (χ4n) is 2.77. The van der Waals surface area contributed by atoms with Gasteiger partial charge in [0.05, 0.1) is 17.7 Å². The van der Waals surface area contributed by atoms with E-state index >= 15 is 0 Å². The highest BCUT2D eigenvalue weighted by Gasteiger charge is 2.14. The summed E-state index contributed by atoms with van der Waals surface area (Å²) in [4.78, 5) is 0.151. The highest BCUT2D eigenvalue weighted by Crippen LogP contribution is 2.19. The summed E-state index contributed by atoms with van der Waals surface area (Å²) in [5.74, 6) is 0.649. The number of hydrogen-bond donors (Lipinski definition) is 3. The molecule has 7 nitrogen and oxygen atoms in total. The lowest BCUT2D eigenvalue weighted by Crippen LogP contribution is -2.32. The lowest BCUT2D eigenvalue weighted by molar-refractivity contribution is 0.415. The third-order valence-corrected chi connectivity index (χ3v) is 6.18. The molecule has 0 aliphatic rings. The van der Waals surface area contributed by atoms with Gasteiger partial charge >= 0.3 is 0 Å². The molecule has 0 spiro atoms. The molecule has 0 amide bonds. The van der Waals surface area contributed by atoms with E-state index in [-0.39, 0.29) is 4.90 Å². The van der Waals surface area contributed by atoms with Crippen molar-refractivity contribution in [3.8, 4) is 5.75 Å². The number of hydrogen-bond acceptors (Lipinski definition) is 5. The van der Waals surface area contributed by atoms with E-state index in [1.54, 1.807) is 43.5 Å². The molecular weight excluding hydrogens is 444 g/mol. The Morgan fingerprint density at radius 2 is 1.62 bits per heavy atom. The van der Waals surface area contributed by atoms with Crippen LogP contribution in [0.2, 0.25) is 0 Å². The number of rotatable bonds is 8. The number of nitrogens with zero attached hydrogens (tertiary/aromatic N) is 1. The highest BCUT2D eigenvalue weighted by atomic mass is 32.2. The van der Waals surface area contributed by atoms with Gasteiger partial charge in [0.1, 0.15) is 5.75 Å². The second-order valence-electron chi connectivity index (χ2n) is 6.84. The molecule has 32 heavy (non-hydrogen) atoms. The molecule has 3 rings (SSSR count). The number of anilines is 1. The Kier molecular flexibility index (Phi) is 7.80. The van der Waals surface area contributed by atoms with E-state index < -0.39 is 10.0 Å². The van der Waals surface area contributed by atoms with Crippen LogP contribution < -0.4 is 20.2 Å². The number of thiocarbonyl (C=S) groups is 1. The van der Waals surface area contributed by atoms with Crippen LogP contribution in [0, 0.1) is 0 Å². The predicted octanol–water partition coefficient (Wildman–Crippen LogP) is 3.88. The Morgan fingerprint density at radius 3 is 2.25 bits per heavy atom. The van der Waals surface area contributed by atoms with Crippen molar-refractivity contribution in [1.82, 2.24) is 10.7 Å². The largest absolute Gasteiger partial charge is 0.497 e. The number of ether oxygens (including phenoxy) is 1. The van der Waals surface area contributed by atoms with Crippen molar-refractivity contribution in [2.24, 2.45) is 5.10 Å². The molecule has 0 atom stereocenters. The van der Waals surface area contributed by atoms with Gasteiger partial charge in [-0.2, -0.15) is 5.10 Å². The SMILES string of the molecule is COc1ccc(NS(=O)(=O)c2ccc(C(C)=NNC(=S)NCc3ccccc3)cc2)cc1. The monoisotopic (exact) mass is 468 g/mol. The topological polar surface area (TPSA) is 91.8 Å². The minimum Gasteiger partial charge on any atom is -0.497 e. The van der Waals surface area contributed by atoms with Crippen molar-refractivity contribution in [3.63, 3.8) is 0 Å². The average Bonchev–Trinajstić information content (AvgIpc) is 2.82. The molecule has 3 aromatic rings. The van der Waals surface area contributed by atoms with Gasteiger partial charge in [-0.05, 0) is 66.7 Å². The Bertz CT molecular complexity index is 1180. The van der Waals surface area contributed by atoms with E-state index in [4.69, 9.17) is 17.0 Å². The Labute approximate surface area is 193 Å². The zero-order chi connectivity index (χ0) is 23.0. The summed E-state index contributed by atoms with van der Waals surface area (Å²) < 4.78 is 32.9. The minimum absolute atomic E-state index is 0.151. The van der Waals surface area contributed by atoms with Crippen LogP contribution in [0.15, 0.2) is 88.9 Å². The first-order chi connectivity index (χ1) is 15.4. The van der Waals surface area contributed by atoms with Crippen LogP contribution in [0.5, 0.6) is 5.75 Å². The van der Waals surface area contributed by atoms with Crippen molar-refractivity contribution < 1.29 is 13.2 Å². The molecule has 0 aliphatic carbocycles. The molecule has 3 N–H and O–H groups in total. The fourth-order valence-corrected chi connectivity index (χ4v) is 3.94. The zero-order valence-corrected chi connectivity index (χ0v) is 19.3. The van der Waals surface area contributed by atoms with Crippen LogP contribution in [0.1, 0.15) is 18.1 Å². The molecule has 0 heterocycles. The zero-order valence-electron chi connectivity index (χ0n) is 17.7. The molecule has 0 aromatic heterocycles. The van der Waals surface area contributed by atoms with Crippen molar-refractivity contribution in [1.29, 1.82) is 0 Å². The molecule has 0 saturated heterocycles. The van der Waals surface area contributed by atoms with Gasteiger partial charge in [-0.1, -0.05) is 42.5 Å². The summed E-state index contributed by atoms with van der Waals surface area (Å²) in [5.41, 5.74) is 5.80. The van der Waals surface area contributed by atoms with Crippen LogP contribution in [-0.4, -0.2) is 26.4 Å². The van der Waals surface area contributed by atoms with Gasteiger partial charge in [0, 0.05) is 12.2 Å². The summed E-state index contributed by atoms with van der Waals surface area (Å²) in [5, 5.41) is 7.75. The van der Waals surface area contributed by atoms with Crippen LogP contribution in [0.3, 0.4) is 0 Å². The van der Waals surface area contributed by atoms with Crippen molar-refractivity contribution in [2.45, 2.75) is 18.4 Å². The summed E-state index contributed by atoms with van der Waals surface area (Å²) in [6.07, 6.45) is 0. The molecular formula is C23H24N4O3S2. The van der Waals surface area contributed by atoms with Crippen molar-refractivity contribution in [2.75, 3.05) is 11.8 Å². The van der Waals surface area contributed by atoms with Crippen molar-refractivity contribution in [3.05, 3.63) is 90.0 Å². The number of sulfonamides is 1. The van der Waals surface area contributed by atoms with E-state index in [1.807, 2.05) is 37.3 Å². The summed E-state index contributed by atoms with van der Waals surface area (Å²) in [6.45, 7) is 2.40. The maximum atomic E-state index is 12.6. The average molecular weight is 469 g/mol. The number of benzene rings is 3. The molecule has 0 unspecified atom stereocenters. The molecule has 0 radical (unpaired) electrons. The molecule has 0 saturated carbocycles. The molecule has 9 heteroatoms. The Balaban J connectivity index is 1.58. The smallest absolute Gasteiger partial charge is 0.261 e. The van der Waals surface area contributed by atoms with Gasteiger partial charge in [-0.15, -0.1) is 0 Å². The molecule has 0 aliphatic heterocycles. The summed E-state index contributed by atoms with van der Waals surface area (Å²) in [6, 6.07) is 23.0. The van der Waals surface area contributed by atoms with Gasteiger partial charge in [0.25, 0.3) is 10.0 Å². The first kappa shape index (κ1) is 23.2. The van der Waals surface area contributed by atoms with E-state index in [2.05, 4.69) is 20.6 Å². The Morgan fingerprint density at radius 1 is 0.969 bits per heavy atom. The van der Waals surface area contributed by atoms with Crippen LogP contribution in [0.4, 0.5) is 5.69 Å². The highest BCUT2D eigenvalue weighted by molar-refractivity contribution is 7.92. The second kappa shape index (κ2) is 10.7. The normalized spacial score (nSPS) is 11.5. The van der Waals surface area contributed by atoms with Gasteiger partial charge < -0.3 is 10.1 Å². The minimum atomic E-state index is -3.71. The molecule has 166 valence electrons. The maximum absolute atomic E-state index is 12.6. The lowest BCUT2D eigenvalue weighted by atomic mass is 10.1. The second-order valence-corrected chi connectivity index (χ2v) is 8.93. The van der Waals surface area contributed by atoms with E-state index in [0.717, 1.165) is 11.1 Å². The maximum Gasteiger partial charge on any atom is 0.261 e. The molecule has 3 aromatic carbocycles. The molecule has 0 bridgehead atoms. The first-order valence-electron chi connectivity index (χ1n) is 9.77. The van der Waals surface area contributed by atoms with Gasteiger partial charge in [0.15, 0.2) is 5.11 Å². The Hall–Kier alpha value is -3.43. The van der Waals surface area contributed by atoms with Crippen LogP contribution in [0.25, 0.3) is 0 Å². The fraction of sp³-hybridized carbons (Fsp3) is 0.130.